The van der Waals surface area contributed by atoms with Crippen LogP contribution in [0.25, 0.3) is 0 Å². The number of esters is 1. The van der Waals surface area contributed by atoms with Crippen molar-refractivity contribution < 1.29 is 19.1 Å². The van der Waals surface area contributed by atoms with Gasteiger partial charge in [-0.2, -0.15) is 0 Å². The van der Waals surface area contributed by atoms with Crippen molar-refractivity contribution in [3.05, 3.63) is 52.3 Å². The zero-order valence-electron chi connectivity index (χ0n) is 22.1. The minimum absolute atomic E-state index is 0.100. The Hall–Kier alpha value is -3.29. The number of methoxy groups -OCH3 is 1. The van der Waals surface area contributed by atoms with Crippen LogP contribution < -0.4 is 4.90 Å². The topological polar surface area (TPSA) is 85.9 Å². The van der Waals surface area contributed by atoms with Gasteiger partial charge in [0.1, 0.15) is 5.69 Å². The summed E-state index contributed by atoms with van der Waals surface area (Å²) in [6.45, 7) is 11.4. The second-order valence-electron chi connectivity index (χ2n) is 10.3. The van der Waals surface area contributed by atoms with Crippen LogP contribution in [-0.4, -0.2) is 78.4 Å². The zero-order chi connectivity index (χ0) is 26.0. The molecule has 2 amide bonds. The normalized spacial score (nSPS) is 18.9. The predicted octanol–water partition coefficient (Wildman–Crippen LogP) is 3.71. The van der Waals surface area contributed by atoms with Crippen molar-refractivity contribution in [2.45, 2.75) is 53.0 Å². The summed E-state index contributed by atoms with van der Waals surface area (Å²) in [4.78, 5) is 47.6. The van der Waals surface area contributed by atoms with E-state index in [2.05, 4.69) is 48.0 Å². The SMILES string of the molecule is COC(=O)c1c(C)[nH]c(C(=O)N2CCC(CC(=O)N3CCN(c4cccc(C)c4)[C@@H](C)C3)CC2)c1C. The third-order valence-corrected chi connectivity index (χ3v) is 7.72. The molecule has 0 saturated carbocycles. The summed E-state index contributed by atoms with van der Waals surface area (Å²) in [7, 11) is 1.34. The molecule has 0 spiro atoms. The molecule has 8 heteroatoms. The Morgan fingerprint density at radius 3 is 2.39 bits per heavy atom. The number of likely N-dealkylation sites (tertiary alicyclic amines) is 1. The smallest absolute Gasteiger partial charge is 0.339 e. The molecule has 2 fully saturated rings. The molecule has 0 bridgehead atoms. The molecule has 1 N–H and O–H groups in total. The number of benzene rings is 1. The van der Waals surface area contributed by atoms with Gasteiger partial charge in [0.2, 0.25) is 5.91 Å². The largest absolute Gasteiger partial charge is 0.465 e. The first-order chi connectivity index (χ1) is 17.2. The molecule has 8 nitrogen and oxygen atoms in total. The first-order valence-corrected chi connectivity index (χ1v) is 12.9. The molecule has 36 heavy (non-hydrogen) atoms. The lowest BCUT2D eigenvalue weighted by Gasteiger charge is -2.42. The monoisotopic (exact) mass is 494 g/mol. The third kappa shape index (κ3) is 5.27. The van der Waals surface area contributed by atoms with E-state index in [4.69, 9.17) is 4.74 Å². The second-order valence-corrected chi connectivity index (χ2v) is 10.3. The van der Waals surface area contributed by atoms with E-state index in [0.29, 0.717) is 42.0 Å². The molecular formula is C28H38N4O4. The van der Waals surface area contributed by atoms with E-state index in [-0.39, 0.29) is 23.8 Å². The molecule has 2 aromatic rings. The number of hydrogen-bond donors (Lipinski definition) is 1. The Balaban J connectivity index is 1.29. The highest BCUT2D eigenvalue weighted by Gasteiger charge is 2.32. The highest BCUT2D eigenvalue weighted by Crippen LogP contribution is 2.27. The number of piperidine rings is 1. The van der Waals surface area contributed by atoms with Gasteiger partial charge in [-0.15, -0.1) is 0 Å². The van der Waals surface area contributed by atoms with Crippen molar-refractivity contribution in [3.8, 4) is 0 Å². The van der Waals surface area contributed by atoms with Gasteiger partial charge >= 0.3 is 5.97 Å². The standard InChI is InChI=1S/C28H38N4O4/c1-18-7-6-8-23(15-18)32-14-13-31(17-19(32)2)24(33)16-22-9-11-30(12-10-22)27(34)26-20(3)25(21(4)29-26)28(35)36-5/h6-8,15,19,22,29H,9-14,16-17H2,1-5H3/t19-/m0/s1. The zero-order valence-corrected chi connectivity index (χ0v) is 22.1. The summed E-state index contributed by atoms with van der Waals surface area (Å²) in [6.07, 6.45) is 2.14. The lowest BCUT2D eigenvalue weighted by molar-refractivity contribution is -0.133. The number of piperazine rings is 1. The molecular weight excluding hydrogens is 456 g/mol. The van der Waals surface area contributed by atoms with Crippen LogP contribution in [0.1, 0.15) is 63.9 Å². The van der Waals surface area contributed by atoms with Gasteiger partial charge in [-0.1, -0.05) is 12.1 Å². The number of nitrogens with one attached hydrogen (secondary N) is 1. The number of H-pyrrole nitrogens is 1. The summed E-state index contributed by atoms with van der Waals surface area (Å²) in [5.74, 6) is -0.0407. The minimum Gasteiger partial charge on any atom is -0.465 e. The summed E-state index contributed by atoms with van der Waals surface area (Å²) >= 11 is 0. The van der Waals surface area contributed by atoms with E-state index in [1.54, 1.807) is 13.8 Å². The highest BCUT2D eigenvalue weighted by atomic mass is 16.5. The van der Waals surface area contributed by atoms with Crippen molar-refractivity contribution in [2.75, 3.05) is 44.7 Å². The summed E-state index contributed by atoms with van der Waals surface area (Å²) in [6, 6.07) is 8.80. The summed E-state index contributed by atoms with van der Waals surface area (Å²) in [5, 5.41) is 0. The fourth-order valence-corrected chi connectivity index (χ4v) is 5.62. The number of hydrogen-bond acceptors (Lipinski definition) is 5. The van der Waals surface area contributed by atoms with Crippen molar-refractivity contribution in [1.29, 1.82) is 0 Å². The van der Waals surface area contributed by atoms with Gasteiger partial charge in [0.15, 0.2) is 0 Å². The van der Waals surface area contributed by atoms with E-state index in [9.17, 15) is 14.4 Å². The molecule has 1 aromatic carbocycles. The first-order valence-electron chi connectivity index (χ1n) is 12.9. The highest BCUT2D eigenvalue weighted by molar-refractivity contribution is 6.00. The lowest BCUT2D eigenvalue weighted by atomic mass is 9.92. The molecule has 0 aliphatic carbocycles. The Bertz CT molecular complexity index is 1130. The van der Waals surface area contributed by atoms with E-state index < -0.39 is 5.97 Å². The van der Waals surface area contributed by atoms with Crippen LogP contribution in [0.5, 0.6) is 0 Å². The molecule has 4 rings (SSSR count). The van der Waals surface area contributed by atoms with Crippen LogP contribution in [0.4, 0.5) is 5.69 Å². The molecule has 2 aliphatic heterocycles. The molecule has 1 atom stereocenters. The Kier molecular flexibility index (Phi) is 7.71. The number of aromatic amines is 1. The number of anilines is 1. The van der Waals surface area contributed by atoms with E-state index in [0.717, 1.165) is 32.5 Å². The van der Waals surface area contributed by atoms with E-state index in [1.165, 1.54) is 18.4 Å². The van der Waals surface area contributed by atoms with Crippen LogP contribution in [0.3, 0.4) is 0 Å². The third-order valence-electron chi connectivity index (χ3n) is 7.72. The molecule has 2 aliphatic rings. The number of aryl methyl sites for hydroxylation is 2. The number of amides is 2. The van der Waals surface area contributed by atoms with Crippen LogP contribution in [0.2, 0.25) is 0 Å². The number of ether oxygens (including phenoxy) is 1. The van der Waals surface area contributed by atoms with Crippen molar-refractivity contribution in [2.24, 2.45) is 5.92 Å². The van der Waals surface area contributed by atoms with Crippen LogP contribution in [0.15, 0.2) is 24.3 Å². The van der Waals surface area contributed by atoms with Gasteiger partial charge in [-0.05, 0) is 69.7 Å². The fourth-order valence-electron chi connectivity index (χ4n) is 5.62. The maximum atomic E-state index is 13.1. The Morgan fingerprint density at radius 1 is 1.03 bits per heavy atom. The fraction of sp³-hybridized carbons (Fsp3) is 0.536. The minimum atomic E-state index is -0.438. The Morgan fingerprint density at radius 2 is 1.75 bits per heavy atom. The van der Waals surface area contributed by atoms with E-state index >= 15 is 0 Å². The number of nitrogens with zero attached hydrogens (tertiary/aromatic N) is 3. The van der Waals surface area contributed by atoms with Gasteiger partial charge in [0.05, 0.1) is 12.7 Å². The molecule has 3 heterocycles. The Labute approximate surface area is 213 Å². The predicted molar refractivity (Wildman–Crippen MR) is 139 cm³/mol. The van der Waals surface area contributed by atoms with Crippen LogP contribution >= 0.6 is 0 Å². The lowest BCUT2D eigenvalue weighted by Crippen LogP contribution is -2.54. The average Bonchev–Trinajstić information content (AvgIpc) is 3.17. The molecule has 1 aromatic heterocycles. The van der Waals surface area contributed by atoms with Gasteiger partial charge in [-0.25, -0.2) is 4.79 Å². The maximum Gasteiger partial charge on any atom is 0.339 e. The van der Waals surface area contributed by atoms with Gasteiger partial charge in [0.25, 0.3) is 5.91 Å². The molecule has 0 radical (unpaired) electrons. The van der Waals surface area contributed by atoms with Crippen molar-refractivity contribution in [3.63, 3.8) is 0 Å². The van der Waals surface area contributed by atoms with Gasteiger partial charge in [-0.3, -0.25) is 9.59 Å². The van der Waals surface area contributed by atoms with Crippen LogP contribution in [-0.2, 0) is 9.53 Å². The van der Waals surface area contributed by atoms with Crippen molar-refractivity contribution in [1.82, 2.24) is 14.8 Å². The molecule has 194 valence electrons. The molecule has 0 unspecified atom stereocenters. The average molecular weight is 495 g/mol. The first kappa shape index (κ1) is 25.8. The summed E-state index contributed by atoms with van der Waals surface area (Å²) < 4.78 is 4.85. The van der Waals surface area contributed by atoms with Gasteiger partial charge in [0, 0.05) is 56.6 Å². The van der Waals surface area contributed by atoms with Crippen LogP contribution in [0, 0.1) is 26.7 Å². The van der Waals surface area contributed by atoms with Crippen molar-refractivity contribution >= 4 is 23.5 Å². The number of rotatable bonds is 5. The van der Waals surface area contributed by atoms with E-state index in [1.807, 2.05) is 9.80 Å². The summed E-state index contributed by atoms with van der Waals surface area (Å²) in [5.41, 5.74) is 4.60. The maximum absolute atomic E-state index is 13.1. The second kappa shape index (κ2) is 10.8. The number of carbonyl (C=O) groups excluding carboxylic acids is 3. The number of aromatic nitrogens is 1. The molecule has 2 saturated heterocycles. The van der Waals surface area contributed by atoms with Gasteiger partial charge < -0.3 is 24.4 Å². The number of carbonyl (C=O) groups is 3. The quantitative estimate of drug-likeness (QED) is 0.641.